The van der Waals surface area contributed by atoms with Crippen molar-refractivity contribution in [2.75, 3.05) is 0 Å². The number of carbonyl (C=O) groups is 2. The van der Waals surface area contributed by atoms with Gasteiger partial charge in [-0.2, -0.15) is 0 Å². The number of hydrogen-bond acceptors (Lipinski definition) is 3. The van der Waals surface area contributed by atoms with E-state index in [1.165, 1.54) is 0 Å². The minimum Gasteiger partial charge on any atom is -0.370 e. The van der Waals surface area contributed by atoms with Crippen LogP contribution in [-0.4, -0.2) is 23.0 Å². The first-order valence-electron chi connectivity index (χ1n) is 3.49. The Hall–Kier alpha value is -1.17. The van der Waals surface area contributed by atoms with Crippen molar-refractivity contribution in [3.05, 3.63) is 0 Å². The summed E-state index contributed by atoms with van der Waals surface area (Å²) in [5.74, 6) is -0.608. The van der Waals surface area contributed by atoms with Gasteiger partial charge in [0.1, 0.15) is 6.04 Å². The zero-order chi connectivity index (χ0) is 9.14. The second-order valence-corrected chi connectivity index (χ2v) is 2.93. The highest BCUT2D eigenvalue weighted by molar-refractivity contribution is 7.80. The zero-order valence-electron chi connectivity index (χ0n) is 6.29. The molecule has 1 aliphatic heterocycles. The number of rotatable bonds is 3. The van der Waals surface area contributed by atoms with Crippen LogP contribution in [0.3, 0.4) is 0 Å². The fraction of sp³-hybridized carbons (Fsp3) is 0.500. The topological polar surface area (TPSA) is 84.2 Å². The van der Waals surface area contributed by atoms with Gasteiger partial charge in [0.2, 0.25) is 11.8 Å². The maximum atomic E-state index is 11.0. The van der Waals surface area contributed by atoms with Crippen LogP contribution in [0.15, 0.2) is 0 Å². The largest absolute Gasteiger partial charge is 0.370 e. The molecule has 0 bridgehead atoms. The van der Waals surface area contributed by atoms with Crippen molar-refractivity contribution < 1.29 is 9.59 Å². The quantitative estimate of drug-likeness (QED) is 0.476. The van der Waals surface area contributed by atoms with Gasteiger partial charge in [0.05, 0.1) is 0 Å². The average Bonchev–Trinajstić information content (AvgIpc) is 2.26. The lowest BCUT2D eigenvalue weighted by molar-refractivity contribution is -0.120. The van der Waals surface area contributed by atoms with Crippen LogP contribution in [0.5, 0.6) is 0 Å². The molecular formula is C6H9N3O2S. The van der Waals surface area contributed by atoms with Gasteiger partial charge in [-0.05, 0) is 18.6 Å². The second-order valence-electron chi connectivity index (χ2n) is 2.52. The molecule has 1 aliphatic rings. The van der Waals surface area contributed by atoms with E-state index in [-0.39, 0.29) is 12.3 Å². The van der Waals surface area contributed by atoms with Crippen molar-refractivity contribution in [3.8, 4) is 0 Å². The summed E-state index contributed by atoms with van der Waals surface area (Å²) in [6, 6.07) is -0.398. The van der Waals surface area contributed by atoms with E-state index in [4.69, 9.17) is 18.0 Å². The van der Waals surface area contributed by atoms with E-state index in [2.05, 4.69) is 10.6 Å². The molecule has 1 fully saturated rings. The Labute approximate surface area is 74.7 Å². The smallest absolute Gasteiger partial charge is 0.248 e. The molecule has 1 heterocycles. The maximum Gasteiger partial charge on any atom is 0.248 e. The third-order valence-corrected chi connectivity index (χ3v) is 1.76. The highest BCUT2D eigenvalue weighted by atomic mass is 32.1. The van der Waals surface area contributed by atoms with Crippen LogP contribution in [0.25, 0.3) is 0 Å². The van der Waals surface area contributed by atoms with Gasteiger partial charge in [-0.25, -0.2) is 0 Å². The number of thiocarbonyl (C=S) groups is 1. The molecular weight excluding hydrogens is 178 g/mol. The predicted molar refractivity (Wildman–Crippen MR) is 46.1 cm³/mol. The summed E-state index contributed by atoms with van der Waals surface area (Å²) in [5, 5.41) is 5.46. The lowest BCUT2D eigenvalue weighted by atomic mass is 10.1. The van der Waals surface area contributed by atoms with Gasteiger partial charge in [-0.1, -0.05) is 0 Å². The van der Waals surface area contributed by atoms with Crippen LogP contribution < -0.4 is 16.4 Å². The van der Waals surface area contributed by atoms with E-state index < -0.39 is 11.9 Å². The Balaban J connectivity index is 2.38. The number of carbonyl (C=O) groups excluding carboxylic acids is 2. The maximum absolute atomic E-state index is 11.0. The third kappa shape index (κ3) is 2.16. The standard InChI is InChI=1S/C6H9N3O2S/c7-4(10)2-1-3-5(11)9-6(12)8-3/h3H,1-2H2,(H2,7,10)(H2,8,9,11,12). The summed E-state index contributed by atoms with van der Waals surface area (Å²) in [5.41, 5.74) is 4.92. The molecule has 66 valence electrons. The molecule has 0 spiro atoms. The monoisotopic (exact) mass is 187 g/mol. The Morgan fingerprint density at radius 3 is 2.75 bits per heavy atom. The van der Waals surface area contributed by atoms with Gasteiger partial charge < -0.3 is 16.4 Å². The van der Waals surface area contributed by atoms with Gasteiger partial charge in [0.25, 0.3) is 0 Å². The van der Waals surface area contributed by atoms with Crippen molar-refractivity contribution in [3.63, 3.8) is 0 Å². The highest BCUT2D eigenvalue weighted by Gasteiger charge is 2.26. The lowest BCUT2D eigenvalue weighted by Crippen LogP contribution is -2.30. The molecule has 2 amide bonds. The third-order valence-electron chi connectivity index (χ3n) is 1.54. The van der Waals surface area contributed by atoms with Gasteiger partial charge in [0, 0.05) is 6.42 Å². The number of primary amides is 1. The van der Waals surface area contributed by atoms with Crippen LogP contribution in [0.2, 0.25) is 0 Å². The normalized spacial score (nSPS) is 21.8. The number of nitrogens with one attached hydrogen (secondary N) is 2. The first-order chi connectivity index (χ1) is 5.59. The number of amides is 2. The van der Waals surface area contributed by atoms with Gasteiger partial charge in [-0.3, -0.25) is 9.59 Å². The average molecular weight is 187 g/mol. The molecule has 0 aromatic rings. The Bertz CT molecular complexity index is 241. The SMILES string of the molecule is NC(=O)CCC1NC(=S)NC1=O. The van der Waals surface area contributed by atoms with Crippen LogP contribution in [0, 0.1) is 0 Å². The Kier molecular flexibility index (Phi) is 2.59. The molecule has 0 saturated carbocycles. The summed E-state index contributed by atoms with van der Waals surface area (Å²) in [4.78, 5) is 21.4. The molecule has 1 atom stereocenters. The first-order valence-corrected chi connectivity index (χ1v) is 3.90. The van der Waals surface area contributed by atoms with Crippen molar-refractivity contribution in [1.82, 2.24) is 10.6 Å². The molecule has 5 nitrogen and oxygen atoms in total. The molecule has 1 unspecified atom stereocenters. The highest BCUT2D eigenvalue weighted by Crippen LogP contribution is 2.01. The fourth-order valence-corrected chi connectivity index (χ4v) is 1.19. The molecule has 6 heteroatoms. The minimum atomic E-state index is -0.414. The van der Waals surface area contributed by atoms with Crippen molar-refractivity contribution in [1.29, 1.82) is 0 Å². The van der Waals surface area contributed by atoms with E-state index >= 15 is 0 Å². The van der Waals surface area contributed by atoms with Gasteiger partial charge >= 0.3 is 0 Å². The molecule has 12 heavy (non-hydrogen) atoms. The van der Waals surface area contributed by atoms with E-state index in [9.17, 15) is 9.59 Å². The number of nitrogens with two attached hydrogens (primary N) is 1. The summed E-state index contributed by atoms with van der Waals surface area (Å²) in [6.07, 6.45) is 0.578. The van der Waals surface area contributed by atoms with E-state index in [0.29, 0.717) is 11.5 Å². The molecule has 0 aromatic heterocycles. The van der Waals surface area contributed by atoms with Crippen molar-refractivity contribution in [2.45, 2.75) is 18.9 Å². The summed E-state index contributed by atoms with van der Waals surface area (Å²) < 4.78 is 0. The molecule has 0 aromatic carbocycles. The second kappa shape index (κ2) is 3.48. The van der Waals surface area contributed by atoms with Crippen molar-refractivity contribution in [2.24, 2.45) is 5.73 Å². The molecule has 1 saturated heterocycles. The lowest BCUT2D eigenvalue weighted by Gasteiger charge is -2.04. The predicted octanol–water partition coefficient (Wildman–Crippen LogP) is -1.38. The van der Waals surface area contributed by atoms with Gasteiger partial charge in [0.15, 0.2) is 5.11 Å². The van der Waals surface area contributed by atoms with Crippen molar-refractivity contribution >= 4 is 29.1 Å². The summed E-state index contributed by atoms with van der Waals surface area (Å²) in [6.45, 7) is 0. The van der Waals surface area contributed by atoms with E-state index in [1.54, 1.807) is 0 Å². The molecule has 4 N–H and O–H groups in total. The van der Waals surface area contributed by atoms with Crippen LogP contribution in [-0.2, 0) is 9.59 Å². The Morgan fingerprint density at radius 2 is 2.33 bits per heavy atom. The summed E-state index contributed by atoms with van der Waals surface area (Å²) >= 11 is 4.69. The summed E-state index contributed by atoms with van der Waals surface area (Å²) in [7, 11) is 0. The first kappa shape index (κ1) is 8.92. The zero-order valence-corrected chi connectivity index (χ0v) is 7.11. The van der Waals surface area contributed by atoms with E-state index in [1.807, 2.05) is 0 Å². The Morgan fingerprint density at radius 1 is 1.67 bits per heavy atom. The molecule has 0 radical (unpaired) electrons. The van der Waals surface area contributed by atoms with Crippen LogP contribution in [0.1, 0.15) is 12.8 Å². The number of hydrogen-bond donors (Lipinski definition) is 3. The van der Waals surface area contributed by atoms with Crippen LogP contribution in [0.4, 0.5) is 0 Å². The minimum absolute atomic E-state index is 0.188. The molecule has 1 rings (SSSR count). The van der Waals surface area contributed by atoms with Crippen LogP contribution >= 0.6 is 12.2 Å². The van der Waals surface area contributed by atoms with Gasteiger partial charge in [-0.15, -0.1) is 0 Å². The fourth-order valence-electron chi connectivity index (χ4n) is 0.949. The molecule has 0 aliphatic carbocycles. The van der Waals surface area contributed by atoms with E-state index in [0.717, 1.165) is 0 Å².